The van der Waals surface area contributed by atoms with Crippen LogP contribution in [0.1, 0.15) is 119 Å². The molecule has 0 amide bonds. The Balaban J connectivity index is 1.13. The second-order valence-electron chi connectivity index (χ2n) is 20.3. The summed E-state index contributed by atoms with van der Waals surface area (Å²) in [6.07, 6.45) is 18.2. The first kappa shape index (κ1) is 39.3. The van der Waals surface area contributed by atoms with E-state index in [2.05, 4.69) is 70.5 Å². The summed E-state index contributed by atoms with van der Waals surface area (Å²) in [6, 6.07) is 0. The van der Waals surface area contributed by atoms with Gasteiger partial charge in [0, 0.05) is 38.3 Å². The molecule has 0 spiro atoms. The Morgan fingerprint density at radius 2 is 1.69 bits per heavy atom. The van der Waals surface area contributed by atoms with Crippen LogP contribution in [0.5, 0.6) is 0 Å². The van der Waals surface area contributed by atoms with Gasteiger partial charge in [0.15, 0.2) is 9.84 Å². The minimum absolute atomic E-state index is 0.0516. The summed E-state index contributed by atoms with van der Waals surface area (Å²) < 4.78 is 29.6. The maximum atomic E-state index is 12.3. The molecule has 0 aromatic carbocycles. The van der Waals surface area contributed by atoms with Crippen molar-refractivity contribution in [1.29, 1.82) is 0 Å². The number of aliphatic carboxylic acids is 1. The van der Waals surface area contributed by atoms with E-state index in [0.717, 1.165) is 25.9 Å². The molecule has 2 N–H and O–H groups in total. The Hall–Kier alpha value is -0.948. The van der Waals surface area contributed by atoms with Crippen LogP contribution in [-0.4, -0.2) is 90.8 Å². The Morgan fingerprint density at radius 1 is 0.962 bits per heavy atom. The minimum atomic E-state index is -2.86. The number of hydrogen-bond acceptors (Lipinski definition) is 6. The van der Waals surface area contributed by atoms with Crippen LogP contribution in [0.15, 0.2) is 35.5 Å². The number of carbonyl (C=O) groups is 1. The summed E-state index contributed by atoms with van der Waals surface area (Å²) in [4.78, 5) is 14.7. The lowest BCUT2D eigenvalue weighted by molar-refractivity contribution is -0.221. The summed E-state index contributed by atoms with van der Waals surface area (Å²) in [5.41, 5.74) is 4.51. The predicted octanol–water partition coefficient (Wildman–Crippen LogP) is 7.00. The zero-order valence-corrected chi connectivity index (χ0v) is 36.4. The van der Waals surface area contributed by atoms with Crippen molar-refractivity contribution in [2.75, 3.05) is 44.3 Å². The van der Waals surface area contributed by atoms with Crippen molar-refractivity contribution in [2.45, 2.75) is 124 Å². The highest BCUT2D eigenvalue weighted by molar-refractivity contribution is 7.91. The molecule has 7 aliphatic rings. The number of rotatable bonds is 9. The van der Waals surface area contributed by atoms with E-state index in [9.17, 15) is 18.3 Å². The average Bonchev–Trinajstić information content (AvgIpc) is 3.46. The molecule has 9 heteroatoms. The maximum absolute atomic E-state index is 12.3. The van der Waals surface area contributed by atoms with E-state index >= 15 is 0 Å². The summed E-state index contributed by atoms with van der Waals surface area (Å²) in [5, 5.41) is 14.3. The monoisotopic (exact) mass is 752 g/mol. The molecular weight excluding hydrogens is 684 g/mol. The number of hydrogen-bond donors (Lipinski definition) is 2. The Morgan fingerprint density at radius 3 is 2.33 bits per heavy atom. The minimum Gasteiger partial charge on any atom is -0.505 e. The summed E-state index contributed by atoms with van der Waals surface area (Å²) >= 11 is 0.569. The van der Waals surface area contributed by atoms with Gasteiger partial charge < -0.3 is 19.1 Å². The van der Waals surface area contributed by atoms with Gasteiger partial charge >= 0.3 is 22.6 Å². The van der Waals surface area contributed by atoms with Crippen LogP contribution in [-0.2, 0) is 18.4 Å². The van der Waals surface area contributed by atoms with Gasteiger partial charge in [-0.1, -0.05) is 58.9 Å². The van der Waals surface area contributed by atoms with E-state index in [4.69, 9.17) is 3.79 Å². The van der Waals surface area contributed by atoms with Gasteiger partial charge in [0.1, 0.15) is 0 Å². The third-order valence-electron chi connectivity index (χ3n) is 17.8. The molecule has 4 saturated carbocycles. The molecule has 1 heterocycles. The molecule has 5 fully saturated rings. The second kappa shape index (κ2) is 13.6. The van der Waals surface area contributed by atoms with Crippen LogP contribution in [0.4, 0.5) is 0 Å². The molecule has 0 unspecified atom stereocenters. The highest BCUT2D eigenvalue weighted by atomic mass is 32.2. The smallest absolute Gasteiger partial charge is 0.410 e. The van der Waals surface area contributed by atoms with Gasteiger partial charge in [-0.2, -0.15) is 0 Å². The van der Waals surface area contributed by atoms with Crippen molar-refractivity contribution in [3.63, 3.8) is 0 Å². The van der Waals surface area contributed by atoms with E-state index in [1.807, 2.05) is 0 Å². The van der Waals surface area contributed by atoms with Crippen LogP contribution in [0.3, 0.4) is 0 Å². The lowest BCUT2D eigenvalue weighted by Crippen LogP contribution is -2.68. The van der Waals surface area contributed by atoms with E-state index in [1.165, 1.54) is 68.1 Å². The quantitative estimate of drug-likeness (QED) is 0.194. The van der Waals surface area contributed by atoms with Gasteiger partial charge in [0.05, 0.1) is 16.9 Å². The normalized spacial score (nSPS) is 45.4. The zero-order chi connectivity index (χ0) is 37.5. The fourth-order valence-corrected chi connectivity index (χ4v) is 16.7. The van der Waals surface area contributed by atoms with Crippen molar-refractivity contribution in [3.8, 4) is 0 Å². The molecule has 0 aromatic rings. The maximum Gasteiger partial charge on any atom is 0.410 e. The SMILES string of the molecule is C=C(C)[C@@H]1CC[C@]2(NCCN3CCS(=O)(=O)CC3)CC[C@]3(C)[C@H](CC[C@@H]4[C@@]5(C)CC=C(C6=CC[C@@](C[O][AlH2])(C(=O)O)CC6)C(C)(C)[C@@H]5CC[C@]43C)[C@@H]12. The van der Waals surface area contributed by atoms with Crippen molar-refractivity contribution >= 4 is 32.4 Å². The number of nitrogens with zero attached hydrogens (tertiary/aromatic N) is 1. The Kier molecular flexibility index (Phi) is 10.3. The first-order chi connectivity index (χ1) is 24.4. The molecule has 6 aliphatic carbocycles. The van der Waals surface area contributed by atoms with Crippen LogP contribution in [0.2, 0.25) is 0 Å². The van der Waals surface area contributed by atoms with Crippen LogP contribution in [0.25, 0.3) is 0 Å². The predicted molar refractivity (Wildman–Crippen MR) is 212 cm³/mol. The van der Waals surface area contributed by atoms with Crippen molar-refractivity contribution in [2.24, 2.45) is 56.7 Å². The van der Waals surface area contributed by atoms with Gasteiger partial charge in [-0.25, -0.2) is 8.42 Å². The summed E-state index contributed by atoms with van der Waals surface area (Å²) in [7, 11) is -2.86. The van der Waals surface area contributed by atoms with Gasteiger partial charge in [-0.15, -0.1) is 0 Å². The first-order valence-electron chi connectivity index (χ1n) is 20.8. The van der Waals surface area contributed by atoms with Crippen LogP contribution >= 0.6 is 0 Å². The van der Waals surface area contributed by atoms with E-state index in [0.29, 0.717) is 90.3 Å². The fraction of sp³-hybridized carbons (Fsp3) is 0.837. The Labute approximate surface area is 323 Å². The summed E-state index contributed by atoms with van der Waals surface area (Å²) in [6.45, 7) is 23.6. The van der Waals surface area contributed by atoms with Crippen molar-refractivity contribution in [1.82, 2.24) is 10.2 Å². The van der Waals surface area contributed by atoms with Crippen LogP contribution in [0, 0.1) is 56.7 Å². The standard InChI is InChI=1S/C43H67N2O5S.Al.2H/c1-29(2)31-12-19-43(44-22-23-45-24-26-51(49,50)27-25-45)21-20-40(6)33(36(31)43)8-9-35-39(5)15-13-32(38(3,4)34(39)14-16-41(35,40)7)30-10-17-42(28-46,18-11-30)37(47)48;;;/h10,13,31,33-36,44H,1,8-9,11-12,14-28H2,2-7H3,(H,47,48);;;/q-1;+1;;/t31-,33+,34-,35+,36+,39-,40+,41+,42+,43-;;;/m0.../s1. The van der Waals surface area contributed by atoms with Gasteiger partial charge in [0.25, 0.3) is 0 Å². The fourth-order valence-electron chi connectivity index (χ4n) is 14.8. The number of sulfone groups is 1. The number of carboxylic acids is 1. The lowest BCUT2D eigenvalue weighted by atomic mass is 9.33. The van der Waals surface area contributed by atoms with Crippen molar-refractivity contribution < 1.29 is 22.1 Å². The average molecular weight is 753 g/mol. The second-order valence-corrected chi connectivity index (χ2v) is 23.1. The van der Waals surface area contributed by atoms with Gasteiger partial charge in [0.2, 0.25) is 0 Å². The molecule has 52 heavy (non-hydrogen) atoms. The largest absolute Gasteiger partial charge is 0.505 e. The van der Waals surface area contributed by atoms with Gasteiger partial charge in [-0.05, 0) is 146 Å². The zero-order valence-electron chi connectivity index (χ0n) is 33.6. The third-order valence-corrected chi connectivity index (χ3v) is 19.7. The molecule has 1 saturated heterocycles. The number of nitrogens with one attached hydrogen (secondary N) is 1. The molecule has 290 valence electrons. The first-order valence-corrected chi connectivity index (χ1v) is 23.5. The topological polar surface area (TPSA) is 95.9 Å². The highest BCUT2D eigenvalue weighted by Crippen LogP contribution is 2.76. The lowest BCUT2D eigenvalue weighted by Gasteiger charge is -2.72. The molecule has 7 rings (SSSR count). The number of carboxylic acid groups (broad SMARTS) is 1. The molecule has 1 aliphatic heterocycles. The summed E-state index contributed by atoms with van der Waals surface area (Å²) in [5.74, 6) is 3.04. The Bertz CT molecular complexity index is 1610. The number of fused-ring (bicyclic) bond motifs is 7. The van der Waals surface area contributed by atoms with Gasteiger partial charge in [-0.3, -0.25) is 4.79 Å². The molecular formula is C43H69AlN2O5S. The van der Waals surface area contributed by atoms with Crippen LogP contribution < -0.4 is 5.32 Å². The molecule has 7 nitrogen and oxygen atoms in total. The number of allylic oxidation sites excluding steroid dienone is 5. The molecule has 0 aromatic heterocycles. The van der Waals surface area contributed by atoms with E-state index < -0.39 is 21.2 Å². The van der Waals surface area contributed by atoms with Crippen molar-refractivity contribution in [3.05, 3.63) is 35.5 Å². The van der Waals surface area contributed by atoms with E-state index in [1.54, 1.807) is 0 Å². The third kappa shape index (κ3) is 6.03. The molecule has 0 radical (unpaired) electrons. The van der Waals surface area contributed by atoms with E-state index in [-0.39, 0.29) is 27.2 Å². The molecule has 10 atom stereocenters. The molecule has 0 bridgehead atoms. The highest BCUT2D eigenvalue weighted by Gasteiger charge is 2.70.